The molecule has 32 heavy (non-hydrogen) atoms. The van der Waals surface area contributed by atoms with Gasteiger partial charge < -0.3 is 16.0 Å². The molecule has 7 heteroatoms. The number of halogens is 1. The summed E-state index contributed by atoms with van der Waals surface area (Å²) in [7, 11) is 0. The molecule has 0 spiro atoms. The van der Waals surface area contributed by atoms with Crippen LogP contribution >= 0.6 is 35.6 Å². The van der Waals surface area contributed by atoms with Crippen molar-refractivity contribution < 1.29 is 4.79 Å². The van der Waals surface area contributed by atoms with Crippen molar-refractivity contribution >= 4 is 63.7 Å². The lowest BCUT2D eigenvalue weighted by Gasteiger charge is -2.17. The third-order valence-electron chi connectivity index (χ3n) is 4.87. The number of hydrogen-bond acceptors (Lipinski definition) is 3. The average molecular weight is 484 g/mol. The summed E-state index contributed by atoms with van der Waals surface area (Å²) in [4.78, 5) is 13.9. The molecule has 1 amide bonds. The third kappa shape index (κ3) is 6.73. The fourth-order valence-corrected chi connectivity index (χ4v) is 4.44. The van der Waals surface area contributed by atoms with E-state index in [0.717, 1.165) is 27.5 Å². The Morgan fingerprint density at radius 2 is 1.66 bits per heavy atom. The number of carbonyl (C=O) groups is 1. The van der Waals surface area contributed by atoms with Gasteiger partial charge in [-0.3, -0.25) is 4.79 Å². The maximum absolute atomic E-state index is 12.9. The highest BCUT2D eigenvalue weighted by molar-refractivity contribution is 8.00. The van der Waals surface area contributed by atoms with Crippen LogP contribution in [0.4, 0.5) is 17.1 Å². The van der Waals surface area contributed by atoms with Gasteiger partial charge in [-0.1, -0.05) is 48.4 Å². The molecule has 0 radical (unpaired) electrons. The zero-order chi connectivity index (χ0) is 23.1. The molecule has 0 bridgehead atoms. The second-order valence-corrected chi connectivity index (χ2v) is 9.48. The SMILES string of the molecule is CCC(Sc1cccc(NC(=S)Nc2ccc(C)cc2)c1)C(=O)Nc1cccc(Cl)c1C. The Morgan fingerprint density at radius 3 is 2.38 bits per heavy atom. The van der Waals surface area contributed by atoms with Crippen molar-refractivity contribution in [1.29, 1.82) is 0 Å². The van der Waals surface area contributed by atoms with E-state index in [2.05, 4.69) is 16.0 Å². The zero-order valence-electron chi connectivity index (χ0n) is 18.2. The summed E-state index contributed by atoms with van der Waals surface area (Å²) in [6.45, 7) is 5.95. The first-order valence-corrected chi connectivity index (χ1v) is 12.0. The molecule has 0 aliphatic carbocycles. The molecule has 0 aliphatic heterocycles. The van der Waals surface area contributed by atoms with Gasteiger partial charge in [0.15, 0.2) is 5.11 Å². The monoisotopic (exact) mass is 483 g/mol. The topological polar surface area (TPSA) is 53.2 Å². The molecule has 0 aliphatic rings. The first-order valence-electron chi connectivity index (χ1n) is 10.3. The van der Waals surface area contributed by atoms with E-state index in [1.807, 2.05) is 87.5 Å². The first-order chi connectivity index (χ1) is 15.4. The number of nitrogens with one attached hydrogen (secondary N) is 3. The fourth-order valence-electron chi connectivity index (χ4n) is 3.02. The number of hydrogen-bond donors (Lipinski definition) is 3. The predicted octanol–water partition coefficient (Wildman–Crippen LogP) is 7.28. The van der Waals surface area contributed by atoms with Crippen molar-refractivity contribution in [1.82, 2.24) is 0 Å². The van der Waals surface area contributed by atoms with Gasteiger partial charge in [0.05, 0.1) is 5.25 Å². The Labute approximate surface area is 204 Å². The van der Waals surface area contributed by atoms with Gasteiger partial charge in [0, 0.05) is 27.0 Å². The largest absolute Gasteiger partial charge is 0.332 e. The van der Waals surface area contributed by atoms with Gasteiger partial charge in [-0.15, -0.1) is 11.8 Å². The Hall–Kier alpha value is -2.54. The molecule has 3 N–H and O–H groups in total. The highest BCUT2D eigenvalue weighted by Crippen LogP contribution is 2.30. The van der Waals surface area contributed by atoms with Crippen molar-refractivity contribution in [2.45, 2.75) is 37.3 Å². The molecule has 4 nitrogen and oxygen atoms in total. The van der Waals surface area contributed by atoms with E-state index >= 15 is 0 Å². The van der Waals surface area contributed by atoms with Crippen LogP contribution in [0.15, 0.2) is 71.6 Å². The Morgan fingerprint density at radius 1 is 0.969 bits per heavy atom. The quantitative estimate of drug-likeness (QED) is 0.243. The molecule has 166 valence electrons. The number of amides is 1. The molecule has 0 fully saturated rings. The van der Waals surface area contributed by atoms with Gasteiger partial charge >= 0.3 is 0 Å². The van der Waals surface area contributed by atoms with Gasteiger partial charge in [0.2, 0.25) is 5.91 Å². The summed E-state index contributed by atoms with van der Waals surface area (Å²) >= 11 is 13.1. The van der Waals surface area contributed by atoms with E-state index in [1.54, 1.807) is 0 Å². The number of thiocarbonyl (C=S) groups is 1. The van der Waals surface area contributed by atoms with Crippen LogP contribution in [0.3, 0.4) is 0 Å². The summed E-state index contributed by atoms with van der Waals surface area (Å²) in [6, 6.07) is 21.4. The van der Waals surface area contributed by atoms with E-state index in [-0.39, 0.29) is 11.2 Å². The molecular weight excluding hydrogens is 458 g/mol. The van der Waals surface area contributed by atoms with Gasteiger partial charge in [0.25, 0.3) is 0 Å². The summed E-state index contributed by atoms with van der Waals surface area (Å²) in [5.74, 6) is -0.0437. The number of carbonyl (C=O) groups excluding carboxylic acids is 1. The standard InChI is InChI=1S/C25H26ClN3OS2/c1-4-23(24(30)29-22-10-6-9-21(26)17(22)3)32-20-8-5-7-19(15-20)28-25(31)27-18-13-11-16(2)12-14-18/h5-15,23H,4H2,1-3H3,(H,29,30)(H2,27,28,31). The van der Waals surface area contributed by atoms with Gasteiger partial charge in [-0.05, 0) is 80.5 Å². The van der Waals surface area contributed by atoms with Crippen molar-refractivity contribution in [3.63, 3.8) is 0 Å². The minimum absolute atomic E-state index is 0.0437. The highest BCUT2D eigenvalue weighted by atomic mass is 35.5. The second-order valence-electron chi connectivity index (χ2n) is 7.39. The normalized spacial score (nSPS) is 11.5. The number of aryl methyl sites for hydroxylation is 1. The maximum atomic E-state index is 12.9. The average Bonchev–Trinajstić information content (AvgIpc) is 2.77. The lowest BCUT2D eigenvalue weighted by Crippen LogP contribution is -2.25. The molecule has 3 aromatic rings. The van der Waals surface area contributed by atoms with E-state index in [1.165, 1.54) is 17.3 Å². The molecule has 0 saturated heterocycles. The predicted molar refractivity (Wildman–Crippen MR) is 142 cm³/mol. The summed E-state index contributed by atoms with van der Waals surface area (Å²) in [5.41, 5.74) is 4.59. The molecule has 0 heterocycles. The maximum Gasteiger partial charge on any atom is 0.237 e. The highest BCUT2D eigenvalue weighted by Gasteiger charge is 2.19. The number of rotatable bonds is 7. The van der Waals surface area contributed by atoms with Crippen LogP contribution in [0.25, 0.3) is 0 Å². The van der Waals surface area contributed by atoms with Crippen molar-refractivity contribution in [2.75, 3.05) is 16.0 Å². The Balaban J connectivity index is 1.63. The number of thioether (sulfide) groups is 1. The smallest absolute Gasteiger partial charge is 0.237 e. The number of anilines is 3. The lowest BCUT2D eigenvalue weighted by atomic mass is 10.2. The second kappa shape index (κ2) is 11.4. The van der Waals surface area contributed by atoms with E-state index in [4.69, 9.17) is 23.8 Å². The van der Waals surface area contributed by atoms with Crippen LogP contribution in [0.2, 0.25) is 5.02 Å². The Bertz CT molecular complexity index is 1100. The van der Waals surface area contributed by atoms with Crippen LogP contribution in [-0.2, 0) is 4.79 Å². The third-order valence-corrected chi connectivity index (χ3v) is 6.84. The molecule has 1 unspecified atom stereocenters. The summed E-state index contributed by atoms with van der Waals surface area (Å²) in [5, 5.41) is 10.3. The van der Waals surface area contributed by atoms with Crippen LogP contribution in [-0.4, -0.2) is 16.3 Å². The van der Waals surface area contributed by atoms with E-state index < -0.39 is 0 Å². The lowest BCUT2D eigenvalue weighted by molar-refractivity contribution is -0.115. The van der Waals surface area contributed by atoms with Crippen LogP contribution in [0.5, 0.6) is 0 Å². The van der Waals surface area contributed by atoms with Crippen LogP contribution in [0, 0.1) is 13.8 Å². The molecular formula is C25H26ClN3OS2. The molecule has 0 aromatic heterocycles. The van der Waals surface area contributed by atoms with E-state index in [9.17, 15) is 4.79 Å². The fraction of sp³-hybridized carbons (Fsp3) is 0.200. The summed E-state index contributed by atoms with van der Waals surface area (Å²) in [6.07, 6.45) is 0.696. The molecule has 1 atom stereocenters. The Kier molecular flexibility index (Phi) is 8.56. The first kappa shape index (κ1) is 24.1. The minimum atomic E-state index is -0.235. The van der Waals surface area contributed by atoms with Gasteiger partial charge in [0.1, 0.15) is 0 Å². The van der Waals surface area contributed by atoms with Crippen molar-refractivity contribution in [3.05, 3.63) is 82.9 Å². The minimum Gasteiger partial charge on any atom is -0.332 e. The van der Waals surface area contributed by atoms with Gasteiger partial charge in [-0.2, -0.15) is 0 Å². The van der Waals surface area contributed by atoms with E-state index in [0.29, 0.717) is 16.6 Å². The number of benzene rings is 3. The molecule has 3 aromatic carbocycles. The van der Waals surface area contributed by atoms with Crippen molar-refractivity contribution in [3.8, 4) is 0 Å². The zero-order valence-corrected chi connectivity index (χ0v) is 20.6. The summed E-state index contributed by atoms with van der Waals surface area (Å²) < 4.78 is 0. The molecule has 0 saturated carbocycles. The van der Waals surface area contributed by atoms with Gasteiger partial charge in [-0.25, -0.2) is 0 Å². The molecule has 3 rings (SSSR count). The van der Waals surface area contributed by atoms with Crippen molar-refractivity contribution in [2.24, 2.45) is 0 Å². The van der Waals surface area contributed by atoms with Crippen LogP contribution < -0.4 is 16.0 Å². The van der Waals surface area contributed by atoms with Crippen LogP contribution in [0.1, 0.15) is 24.5 Å².